The smallest absolute Gasteiger partial charge is 0.244 e. The highest BCUT2D eigenvalue weighted by molar-refractivity contribution is 7.89. The number of anilines is 1. The van der Waals surface area contributed by atoms with Crippen molar-refractivity contribution in [2.45, 2.75) is 25.2 Å². The van der Waals surface area contributed by atoms with Crippen LogP contribution in [0.15, 0.2) is 23.1 Å². The summed E-state index contributed by atoms with van der Waals surface area (Å²) in [5.74, 6) is -0.297. The molecule has 23 heavy (non-hydrogen) atoms. The molecule has 128 valence electrons. The number of carbonyl (C=O) groups is 1. The third-order valence-electron chi connectivity index (χ3n) is 3.85. The number of carbonyl (C=O) groups excluding carboxylic acids is 1. The van der Waals surface area contributed by atoms with Crippen molar-refractivity contribution >= 4 is 33.2 Å². The average Bonchev–Trinajstić information content (AvgIpc) is 2.56. The van der Waals surface area contributed by atoms with E-state index in [2.05, 4.69) is 5.32 Å². The van der Waals surface area contributed by atoms with Crippen LogP contribution in [0.1, 0.15) is 20.3 Å². The van der Waals surface area contributed by atoms with E-state index in [9.17, 15) is 13.2 Å². The Bertz CT molecular complexity index is 672. The van der Waals surface area contributed by atoms with Gasteiger partial charge in [-0.25, -0.2) is 8.42 Å². The third kappa shape index (κ3) is 4.23. The first-order chi connectivity index (χ1) is 10.9. The third-order valence-corrected chi connectivity index (χ3v) is 6.23. The van der Waals surface area contributed by atoms with Crippen LogP contribution in [0.2, 0.25) is 5.02 Å². The molecule has 0 aromatic heterocycles. The van der Waals surface area contributed by atoms with Gasteiger partial charge in [-0.1, -0.05) is 25.4 Å². The van der Waals surface area contributed by atoms with Crippen molar-refractivity contribution < 1.29 is 17.9 Å². The Morgan fingerprint density at radius 1 is 1.39 bits per heavy atom. The quantitative estimate of drug-likeness (QED) is 0.874. The number of amides is 1. The van der Waals surface area contributed by atoms with Gasteiger partial charge >= 0.3 is 0 Å². The number of rotatable bonds is 5. The Morgan fingerprint density at radius 2 is 2.04 bits per heavy atom. The molecule has 1 aromatic rings. The second kappa shape index (κ2) is 7.61. The molecule has 2 rings (SSSR count). The maximum absolute atomic E-state index is 12.7. The van der Waals surface area contributed by atoms with Crippen molar-refractivity contribution in [2.24, 2.45) is 5.92 Å². The molecule has 0 radical (unpaired) electrons. The number of benzene rings is 1. The van der Waals surface area contributed by atoms with E-state index in [1.165, 1.54) is 16.4 Å². The lowest BCUT2D eigenvalue weighted by molar-refractivity contribution is -0.119. The van der Waals surface area contributed by atoms with Crippen molar-refractivity contribution in [3.05, 3.63) is 23.2 Å². The number of halogens is 1. The van der Waals surface area contributed by atoms with E-state index in [0.29, 0.717) is 38.4 Å². The summed E-state index contributed by atoms with van der Waals surface area (Å²) < 4.78 is 31.9. The second-order valence-corrected chi connectivity index (χ2v) is 7.77. The number of hydrogen-bond donors (Lipinski definition) is 1. The maximum atomic E-state index is 12.7. The van der Waals surface area contributed by atoms with Gasteiger partial charge in [0, 0.05) is 24.7 Å². The van der Waals surface area contributed by atoms with Gasteiger partial charge in [-0.05, 0) is 24.6 Å². The van der Waals surface area contributed by atoms with Crippen LogP contribution < -0.4 is 5.32 Å². The van der Waals surface area contributed by atoms with Crippen molar-refractivity contribution in [1.29, 1.82) is 0 Å². The number of hydrogen-bond acceptors (Lipinski definition) is 4. The first-order valence-corrected chi connectivity index (χ1v) is 9.36. The molecule has 1 aromatic carbocycles. The molecule has 0 saturated carbocycles. The molecule has 0 spiro atoms. The lowest BCUT2D eigenvalue weighted by Crippen LogP contribution is -2.40. The fourth-order valence-corrected chi connectivity index (χ4v) is 4.06. The zero-order valence-corrected chi connectivity index (χ0v) is 14.8. The molecule has 8 heteroatoms. The van der Waals surface area contributed by atoms with E-state index in [0.717, 1.165) is 0 Å². The minimum Gasteiger partial charge on any atom is -0.379 e. The normalized spacial score (nSPS) is 17.7. The van der Waals surface area contributed by atoms with E-state index < -0.39 is 10.0 Å². The van der Waals surface area contributed by atoms with Gasteiger partial charge in [-0.3, -0.25) is 4.79 Å². The van der Waals surface area contributed by atoms with E-state index in [-0.39, 0.29) is 21.7 Å². The first-order valence-electron chi connectivity index (χ1n) is 7.54. The summed E-state index contributed by atoms with van der Waals surface area (Å²) in [7, 11) is -3.71. The molecule has 6 nitrogen and oxygen atoms in total. The fraction of sp³-hybridized carbons (Fsp3) is 0.533. The van der Waals surface area contributed by atoms with Crippen LogP contribution >= 0.6 is 11.6 Å². The topological polar surface area (TPSA) is 75.7 Å². The minimum atomic E-state index is -3.71. The van der Waals surface area contributed by atoms with Gasteiger partial charge in [0.1, 0.15) is 4.90 Å². The molecule has 0 bridgehead atoms. The number of nitrogens with zero attached hydrogens (tertiary/aromatic N) is 1. The van der Waals surface area contributed by atoms with Crippen LogP contribution in [0.4, 0.5) is 5.69 Å². The second-order valence-electron chi connectivity index (χ2n) is 5.46. The van der Waals surface area contributed by atoms with Gasteiger partial charge < -0.3 is 10.1 Å². The Kier molecular flexibility index (Phi) is 6.02. The summed E-state index contributed by atoms with van der Waals surface area (Å²) in [6.45, 7) is 5.05. The summed E-state index contributed by atoms with van der Waals surface area (Å²) >= 11 is 6.08. The van der Waals surface area contributed by atoms with Crippen molar-refractivity contribution in [3.63, 3.8) is 0 Å². The van der Waals surface area contributed by atoms with Crippen molar-refractivity contribution in [3.8, 4) is 0 Å². The monoisotopic (exact) mass is 360 g/mol. The number of morpholine rings is 1. The molecule has 1 heterocycles. The lowest BCUT2D eigenvalue weighted by Gasteiger charge is -2.26. The van der Waals surface area contributed by atoms with Gasteiger partial charge in [0.25, 0.3) is 0 Å². The van der Waals surface area contributed by atoms with Crippen LogP contribution in [0, 0.1) is 5.92 Å². The summed E-state index contributed by atoms with van der Waals surface area (Å²) in [6.07, 6.45) is 0.707. The molecule has 1 fully saturated rings. The van der Waals surface area contributed by atoms with Gasteiger partial charge in [-0.2, -0.15) is 4.31 Å². The SMILES string of the molecule is CC[C@@H](C)C(=O)Nc1ccc(Cl)c(S(=O)(=O)N2CCOCC2)c1. The van der Waals surface area contributed by atoms with Gasteiger partial charge in [0.15, 0.2) is 0 Å². The molecule has 1 aliphatic rings. The standard InChI is InChI=1S/C15H21ClN2O4S/c1-3-11(2)15(19)17-12-4-5-13(16)14(10-12)23(20,21)18-6-8-22-9-7-18/h4-5,10-11H,3,6-9H2,1-2H3,(H,17,19)/t11-/m1/s1. The summed E-state index contributed by atoms with van der Waals surface area (Å²) in [5, 5.41) is 2.87. The van der Waals surface area contributed by atoms with E-state index in [1.54, 1.807) is 6.07 Å². The molecular formula is C15H21ClN2O4S. The number of ether oxygens (including phenoxy) is 1. The average molecular weight is 361 g/mol. The van der Waals surface area contributed by atoms with Gasteiger partial charge in [0.2, 0.25) is 15.9 Å². The van der Waals surface area contributed by atoms with Crippen molar-refractivity contribution in [2.75, 3.05) is 31.6 Å². The molecule has 0 aliphatic carbocycles. The summed E-state index contributed by atoms with van der Waals surface area (Å²) in [4.78, 5) is 12.0. The zero-order valence-electron chi connectivity index (χ0n) is 13.2. The van der Waals surface area contributed by atoms with E-state index in [1.807, 2.05) is 13.8 Å². The predicted octanol–water partition coefficient (Wildman–Crippen LogP) is 2.35. The van der Waals surface area contributed by atoms with Crippen LogP contribution in [0.3, 0.4) is 0 Å². The van der Waals surface area contributed by atoms with Gasteiger partial charge in [-0.15, -0.1) is 0 Å². The minimum absolute atomic E-state index is 0.00279. The number of sulfonamides is 1. The Hall–Kier alpha value is -1.15. The first kappa shape index (κ1) is 18.2. The number of nitrogens with one attached hydrogen (secondary N) is 1. The van der Waals surface area contributed by atoms with E-state index in [4.69, 9.17) is 16.3 Å². The predicted molar refractivity (Wildman–Crippen MR) is 89.1 cm³/mol. The van der Waals surface area contributed by atoms with Crippen LogP contribution in [-0.4, -0.2) is 44.9 Å². The van der Waals surface area contributed by atoms with Crippen molar-refractivity contribution in [1.82, 2.24) is 4.31 Å². The summed E-state index contributed by atoms with van der Waals surface area (Å²) in [6, 6.07) is 4.50. The highest BCUT2D eigenvalue weighted by Gasteiger charge is 2.28. The van der Waals surface area contributed by atoms with Crippen LogP contribution in [0.25, 0.3) is 0 Å². The lowest BCUT2D eigenvalue weighted by atomic mass is 10.1. The fourth-order valence-electron chi connectivity index (χ4n) is 2.16. The van der Waals surface area contributed by atoms with Gasteiger partial charge in [0.05, 0.1) is 18.2 Å². The Morgan fingerprint density at radius 3 is 2.65 bits per heavy atom. The molecule has 1 N–H and O–H groups in total. The van der Waals surface area contributed by atoms with Crippen LogP contribution in [0.5, 0.6) is 0 Å². The molecule has 0 unspecified atom stereocenters. The Balaban J connectivity index is 2.28. The highest BCUT2D eigenvalue weighted by Crippen LogP contribution is 2.28. The Labute approximate surface area is 141 Å². The molecular weight excluding hydrogens is 340 g/mol. The summed E-state index contributed by atoms with van der Waals surface area (Å²) in [5.41, 5.74) is 0.423. The van der Waals surface area contributed by atoms with Crippen LogP contribution in [-0.2, 0) is 19.6 Å². The molecule has 1 saturated heterocycles. The highest BCUT2D eigenvalue weighted by atomic mass is 35.5. The molecule has 1 amide bonds. The maximum Gasteiger partial charge on any atom is 0.244 e. The molecule has 1 aliphatic heterocycles. The van der Waals surface area contributed by atoms with E-state index >= 15 is 0 Å². The largest absolute Gasteiger partial charge is 0.379 e. The molecule has 1 atom stereocenters. The zero-order chi connectivity index (χ0) is 17.0.